The van der Waals surface area contributed by atoms with Crippen molar-refractivity contribution >= 4 is 17.8 Å². The van der Waals surface area contributed by atoms with E-state index in [9.17, 15) is 19.5 Å². The van der Waals surface area contributed by atoms with Crippen molar-refractivity contribution in [3.63, 3.8) is 0 Å². The van der Waals surface area contributed by atoms with Gasteiger partial charge in [-0.1, -0.05) is 36.4 Å². The highest BCUT2D eigenvalue weighted by atomic mass is 16.4. The Hall–Kier alpha value is -3.35. The molecule has 1 unspecified atom stereocenters. The van der Waals surface area contributed by atoms with Crippen LogP contribution in [0.2, 0.25) is 0 Å². The lowest BCUT2D eigenvalue weighted by atomic mass is 10.1. The van der Waals surface area contributed by atoms with Crippen molar-refractivity contribution in [1.82, 2.24) is 10.2 Å². The molecule has 2 aromatic rings. The molecule has 1 atom stereocenters. The van der Waals surface area contributed by atoms with Crippen LogP contribution in [0.5, 0.6) is 5.75 Å². The van der Waals surface area contributed by atoms with Crippen molar-refractivity contribution < 1.29 is 24.6 Å². The average Bonchev–Trinajstić information content (AvgIpc) is 2.99. The van der Waals surface area contributed by atoms with Crippen LogP contribution in [0.15, 0.2) is 48.5 Å². The SMILES string of the molecule is O=C(O)CCC(C(=O)NCc1ccccc1)N1Cc2c(O)cccc2C1=O. The highest BCUT2D eigenvalue weighted by Crippen LogP contribution is 2.32. The van der Waals surface area contributed by atoms with Crippen molar-refractivity contribution in [2.45, 2.75) is 32.0 Å². The maximum atomic E-state index is 12.7. The fourth-order valence-corrected chi connectivity index (χ4v) is 3.18. The first-order chi connectivity index (χ1) is 13.0. The molecule has 0 spiro atoms. The Morgan fingerprint density at radius 2 is 1.85 bits per heavy atom. The summed E-state index contributed by atoms with van der Waals surface area (Å²) in [7, 11) is 0. The third kappa shape index (κ3) is 4.08. The molecule has 3 N–H and O–H groups in total. The molecular weight excluding hydrogens is 348 g/mol. The lowest BCUT2D eigenvalue weighted by Crippen LogP contribution is -2.47. The zero-order valence-electron chi connectivity index (χ0n) is 14.6. The molecule has 0 aromatic heterocycles. The van der Waals surface area contributed by atoms with Crippen LogP contribution >= 0.6 is 0 Å². The second-order valence-electron chi connectivity index (χ2n) is 6.39. The molecular formula is C20H20N2O5. The number of phenolic OH excluding ortho intramolecular Hbond substituents is 1. The molecule has 27 heavy (non-hydrogen) atoms. The van der Waals surface area contributed by atoms with Gasteiger partial charge in [-0.2, -0.15) is 0 Å². The number of benzene rings is 2. The van der Waals surface area contributed by atoms with Gasteiger partial charge in [0, 0.05) is 24.1 Å². The van der Waals surface area contributed by atoms with Crippen molar-refractivity contribution in [3.05, 3.63) is 65.2 Å². The van der Waals surface area contributed by atoms with E-state index in [0.29, 0.717) is 11.1 Å². The molecule has 3 rings (SSSR count). The minimum absolute atomic E-state index is 0.00352. The maximum Gasteiger partial charge on any atom is 0.303 e. The van der Waals surface area contributed by atoms with Gasteiger partial charge in [-0.15, -0.1) is 0 Å². The molecule has 1 heterocycles. The van der Waals surface area contributed by atoms with E-state index in [0.717, 1.165) is 5.56 Å². The number of nitrogens with one attached hydrogen (secondary N) is 1. The predicted molar refractivity (Wildman–Crippen MR) is 96.9 cm³/mol. The number of carbonyl (C=O) groups is 3. The topological polar surface area (TPSA) is 107 Å². The number of amides is 2. The third-order valence-corrected chi connectivity index (χ3v) is 4.59. The minimum atomic E-state index is -1.04. The first kappa shape index (κ1) is 18.4. The highest BCUT2D eigenvalue weighted by Gasteiger charge is 2.37. The zero-order chi connectivity index (χ0) is 19.4. The van der Waals surface area contributed by atoms with E-state index in [-0.39, 0.29) is 37.6 Å². The van der Waals surface area contributed by atoms with E-state index in [2.05, 4.69) is 5.32 Å². The van der Waals surface area contributed by atoms with Crippen molar-refractivity contribution in [3.8, 4) is 5.75 Å². The van der Waals surface area contributed by atoms with Gasteiger partial charge in [-0.25, -0.2) is 0 Å². The molecule has 1 aliphatic rings. The number of hydrogen-bond acceptors (Lipinski definition) is 4. The normalized spacial score (nSPS) is 13.9. The van der Waals surface area contributed by atoms with Gasteiger partial charge in [0.1, 0.15) is 11.8 Å². The molecule has 2 aromatic carbocycles. The Kier molecular flexibility index (Phi) is 5.40. The standard InChI is InChI=1S/C20H20N2O5/c23-17-8-4-7-14-15(17)12-22(20(14)27)16(9-10-18(24)25)19(26)21-11-13-5-2-1-3-6-13/h1-8,16,23H,9-12H2,(H,21,26)(H,24,25). The van der Waals surface area contributed by atoms with Crippen molar-refractivity contribution in [2.24, 2.45) is 0 Å². The number of aliphatic carboxylic acids is 1. The van der Waals surface area contributed by atoms with Crippen LogP contribution in [0.4, 0.5) is 0 Å². The second kappa shape index (κ2) is 7.90. The van der Waals surface area contributed by atoms with E-state index in [4.69, 9.17) is 5.11 Å². The predicted octanol–water partition coefficient (Wildman–Crippen LogP) is 1.90. The van der Waals surface area contributed by atoms with Crippen LogP contribution < -0.4 is 5.32 Å². The maximum absolute atomic E-state index is 12.7. The number of fused-ring (bicyclic) bond motifs is 1. The molecule has 0 bridgehead atoms. The van der Waals surface area contributed by atoms with E-state index < -0.39 is 17.9 Å². The highest BCUT2D eigenvalue weighted by molar-refractivity contribution is 6.01. The smallest absolute Gasteiger partial charge is 0.303 e. The van der Waals surface area contributed by atoms with Gasteiger partial charge in [-0.05, 0) is 24.1 Å². The van der Waals surface area contributed by atoms with E-state index in [1.54, 1.807) is 12.1 Å². The molecule has 140 valence electrons. The Morgan fingerprint density at radius 3 is 2.52 bits per heavy atom. The quantitative estimate of drug-likeness (QED) is 0.692. The van der Waals surface area contributed by atoms with Gasteiger partial charge in [-0.3, -0.25) is 14.4 Å². The summed E-state index contributed by atoms with van der Waals surface area (Å²) in [6, 6.07) is 13.0. The van der Waals surface area contributed by atoms with Gasteiger partial charge < -0.3 is 20.4 Å². The van der Waals surface area contributed by atoms with Gasteiger partial charge in [0.2, 0.25) is 5.91 Å². The molecule has 0 aliphatic carbocycles. The number of carboxylic acids is 1. The van der Waals surface area contributed by atoms with E-state index in [1.807, 2.05) is 30.3 Å². The van der Waals surface area contributed by atoms with Gasteiger partial charge >= 0.3 is 5.97 Å². The summed E-state index contributed by atoms with van der Waals surface area (Å²) in [6.07, 6.45) is -0.244. The van der Waals surface area contributed by atoms with Crippen molar-refractivity contribution in [2.75, 3.05) is 0 Å². The van der Waals surface area contributed by atoms with Crippen LogP contribution in [0.25, 0.3) is 0 Å². The van der Waals surface area contributed by atoms with Gasteiger partial charge in [0.05, 0.1) is 6.54 Å². The number of carboxylic acid groups (broad SMARTS) is 1. The van der Waals surface area contributed by atoms with Crippen LogP contribution in [-0.2, 0) is 22.7 Å². The Morgan fingerprint density at radius 1 is 1.11 bits per heavy atom. The van der Waals surface area contributed by atoms with Crippen LogP contribution in [-0.4, -0.2) is 38.9 Å². The minimum Gasteiger partial charge on any atom is -0.508 e. The van der Waals surface area contributed by atoms with E-state index in [1.165, 1.54) is 11.0 Å². The molecule has 0 saturated heterocycles. The second-order valence-corrected chi connectivity index (χ2v) is 6.39. The fourth-order valence-electron chi connectivity index (χ4n) is 3.18. The number of hydrogen-bond donors (Lipinski definition) is 3. The molecule has 2 amide bonds. The third-order valence-electron chi connectivity index (χ3n) is 4.59. The zero-order valence-corrected chi connectivity index (χ0v) is 14.6. The van der Waals surface area contributed by atoms with Crippen LogP contribution in [0.3, 0.4) is 0 Å². The Bertz CT molecular complexity index is 866. The van der Waals surface area contributed by atoms with Crippen LogP contribution in [0, 0.1) is 0 Å². The van der Waals surface area contributed by atoms with Gasteiger partial charge in [0.15, 0.2) is 0 Å². The van der Waals surface area contributed by atoms with Crippen molar-refractivity contribution in [1.29, 1.82) is 0 Å². The molecule has 0 fully saturated rings. The largest absolute Gasteiger partial charge is 0.508 e. The summed E-state index contributed by atoms with van der Waals surface area (Å²) in [4.78, 5) is 37.8. The summed E-state index contributed by atoms with van der Waals surface area (Å²) in [6.45, 7) is 0.355. The lowest BCUT2D eigenvalue weighted by molar-refractivity contribution is -0.137. The first-order valence-corrected chi connectivity index (χ1v) is 8.62. The molecule has 7 heteroatoms. The number of carbonyl (C=O) groups excluding carboxylic acids is 2. The summed E-state index contributed by atoms with van der Waals surface area (Å²) >= 11 is 0. The van der Waals surface area contributed by atoms with Crippen LogP contribution in [0.1, 0.15) is 34.3 Å². The Labute approximate surface area is 156 Å². The number of phenols is 1. The van der Waals surface area contributed by atoms with Gasteiger partial charge in [0.25, 0.3) is 5.91 Å². The fraction of sp³-hybridized carbons (Fsp3) is 0.250. The summed E-state index contributed by atoms with van der Waals surface area (Å²) < 4.78 is 0. The summed E-state index contributed by atoms with van der Waals surface area (Å²) in [5, 5.41) is 21.8. The van der Waals surface area contributed by atoms with E-state index >= 15 is 0 Å². The molecule has 0 saturated carbocycles. The summed E-state index contributed by atoms with van der Waals surface area (Å²) in [5.74, 6) is -1.85. The number of nitrogens with zero attached hydrogens (tertiary/aromatic N) is 1. The lowest BCUT2D eigenvalue weighted by Gasteiger charge is -2.26. The average molecular weight is 368 g/mol. The Balaban J connectivity index is 1.77. The summed E-state index contributed by atoms with van der Waals surface area (Å²) in [5.41, 5.74) is 1.70. The number of aromatic hydroxyl groups is 1. The number of rotatable bonds is 7. The molecule has 0 radical (unpaired) electrons. The molecule has 1 aliphatic heterocycles. The molecule has 7 nitrogen and oxygen atoms in total. The monoisotopic (exact) mass is 368 g/mol. The first-order valence-electron chi connectivity index (χ1n) is 8.62.